The summed E-state index contributed by atoms with van der Waals surface area (Å²) in [6.45, 7) is 28.1. The van der Waals surface area contributed by atoms with Crippen molar-refractivity contribution < 1.29 is 0 Å². The molecule has 1 atom stereocenters. The molecule has 0 spiro atoms. The largest absolute Gasteiger partial charge is 0.384 e. The maximum Gasteiger partial charge on any atom is 0.113 e. The summed E-state index contributed by atoms with van der Waals surface area (Å²) in [6.07, 6.45) is 36.4. The number of nitrogens with two attached hydrogens (primary N) is 1. The molecule has 2 aromatic carbocycles. The standard InChI is InChI=1S/C40H48N4.C5H8.C2H6.C2H4/c1-7-10-12-14-21-33-26-27-35(29-39(33)42-32(5)20-11-8-2)34(19-9-3)28-31(4)37-24-17-18-25-38(37)43-40(41)30-44(6)36-22-15-13-16-23-36;1-3-5-4-2;2*1-2/h7-20,22-24,26-30,38,42-43H,4,21,25,41H2,1-3,5-6H3;3-5H,1H2,2H3;1-2H3;1-2H2/b10-7-,11-8-,14-12-,19-9-,32-20+,34-28+,40-30+;5-4-;;. The minimum atomic E-state index is 0.0130. The van der Waals surface area contributed by atoms with Gasteiger partial charge in [0.05, 0.1) is 6.04 Å². The number of rotatable bonds is 15. The molecule has 0 saturated carbocycles. The van der Waals surface area contributed by atoms with E-state index in [0.29, 0.717) is 5.82 Å². The highest BCUT2D eigenvalue weighted by Crippen LogP contribution is 2.29. The summed E-state index contributed by atoms with van der Waals surface area (Å²) in [6, 6.07) is 16.8. The minimum absolute atomic E-state index is 0.0130. The third-order valence-electron chi connectivity index (χ3n) is 7.46. The van der Waals surface area contributed by atoms with Crippen molar-refractivity contribution in [1.29, 1.82) is 0 Å². The zero-order chi connectivity index (χ0) is 39.9. The molecule has 1 aliphatic rings. The molecule has 1 aliphatic carbocycles. The van der Waals surface area contributed by atoms with Crippen molar-refractivity contribution in [2.75, 3.05) is 17.3 Å². The summed E-state index contributed by atoms with van der Waals surface area (Å²) in [7, 11) is 2.00. The van der Waals surface area contributed by atoms with Gasteiger partial charge in [0.15, 0.2) is 0 Å². The van der Waals surface area contributed by atoms with Gasteiger partial charge < -0.3 is 21.3 Å². The fourth-order valence-corrected chi connectivity index (χ4v) is 5.03. The van der Waals surface area contributed by atoms with Gasteiger partial charge in [-0.05, 0) is 106 Å². The quantitative estimate of drug-likeness (QED) is 0.127. The maximum absolute atomic E-state index is 6.47. The Morgan fingerprint density at radius 2 is 1.60 bits per heavy atom. The van der Waals surface area contributed by atoms with E-state index in [9.17, 15) is 0 Å². The van der Waals surface area contributed by atoms with Crippen molar-refractivity contribution in [3.8, 4) is 0 Å². The van der Waals surface area contributed by atoms with Crippen molar-refractivity contribution >= 4 is 16.9 Å². The number of nitrogens with zero attached hydrogens (tertiary/aromatic N) is 1. The number of para-hydroxylation sites is 1. The molecule has 4 heteroatoms. The van der Waals surface area contributed by atoms with E-state index in [1.165, 1.54) is 5.56 Å². The second kappa shape index (κ2) is 29.9. The summed E-state index contributed by atoms with van der Waals surface area (Å²) in [4.78, 5) is 2.02. The lowest BCUT2D eigenvalue weighted by Crippen LogP contribution is -2.35. The first-order valence-corrected chi connectivity index (χ1v) is 18.4. The van der Waals surface area contributed by atoms with Crippen LogP contribution < -0.4 is 21.3 Å². The van der Waals surface area contributed by atoms with Crippen molar-refractivity contribution in [2.45, 2.75) is 67.3 Å². The molecule has 4 nitrogen and oxygen atoms in total. The molecule has 4 N–H and O–H groups in total. The monoisotopic (exact) mass is 711 g/mol. The lowest BCUT2D eigenvalue weighted by Gasteiger charge is -2.26. The van der Waals surface area contributed by atoms with E-state index >= 15 is 0 Å². The Balaban J connectivity index is 0.00000272. The fraction of sp³-hybridized carbons (Fsp3) is 0.224. The van der Waals surface area contributed by atoms with Crippen LogP contribution in [0.15, 0.2) is 201 Å². The molecule has 282 valence electrons. The Kier molecular flexibility index (Phi) is 26.7. The minimum Gasteiger partial charge on any atom is -0.384 e. The molecule has 53 heavy (non-hydrogen) atoms. The van der Waals surface area contributed by atoms with Crippen LogP contribution in [-0.4, -0.2) is 13.1 Å². The summed E-state index contributed by atoms with van der Waals surface area (Å²) in [5, 5.41) is 7.14. The molecule has 3 rings (SSSR count). The van der Waals surface area contributed by atoms with Gasteiger partial charge in [0.25, 0.3) is 0 Å². The average Bonchev–Trinajstić information content (AvgIpc) is 3.18. The van der Waals surface area contributed by atoms with Crippen LogP contribution in [-0.2, 0) is 6.42 Å². The van der Waals surface area contributed by atoms with Gasteiger partial charge in [0.2, 0.25) is 0 Å². The Hall–Kier alpha value is -5.74. The molecule has 0 amide bonds. The van der Waals surface area contributed by atoms with E-state index in [1.807, 2.05) is 108 Å². The van der Waals surface area contributed by atoms with E-state index < -0.39 is 0 Å². The summed E-state index contributed by atoms with van der Waals surface area (Å²) >= 11 is 0. The van der Waals surface area contributed by atoms with Crippen LogP contribution in [0.5, 0.6) is 0 Å². The van der Waals surface area contributed by atoms with Gasteiger partial charge in [-0.3, -0.25) is 0 Å². The second-order valence-electron chi connectivity index (χ2n) is 11.4. The fourth-order valence-electron chi connectivity index (χ4n) is 5.03. The predicted molar refractivity (Wildman–Crippen MR) is 242 cm³/mol. The topological polar surface area (TPSA) is 53.3 Å². The molecule has 0 saturated heterocycles. The van der Waals surface area contributed by atoms with E-state index in [4.69, 9.17) is 5.73 Å². The molecule has 0 radical (unpaired) electrons. The maximum atomic E-state index is 6.47. The number of nitrogens with one attached hydrogen (secondary N) is 2. The Bertz CT molecular complexity index is 1670. The van der Waals surface area contributed by atoms with E-state index in [-0.39, 0.29) is 6.04 Å². The van der Waals surface area contributed by atoms with Gasteiger partial charge in [-0.25, -0.2) is 0 Å². The highest BCUT2D eigenvalue weighted by Gasteiger charge is 2.18. The van der Waals surface area contributed by atoms with Gasteiger partial charge in [-0.2, -0.15) is 0 Å². The smallest absolute Gasteiger partial charge is 0.113 e. The third-order valence-corrected chi connectivity index (χ3v) is 7.46. The molecule has 2 aromatic rings. The van der Waals surface area contributed by atoms with E-state index in [0.717, 1.165) is 52.2 Å². The SMILES string of the molecule is C=C.C=C(/C=C(\C=C/C)c1ccc(C/C=C\C=C/C)c(N/C(C)=C/C=C\C)c1)C1=CC=CCC1N/C(N)=C/N(C)c1ccccc1.C=C/C=C\C.CC. The normalized spacial score (nSPS) is 14.6. The molecule has 0 fully saturated rings. The Labute approximate surface area is 323 Å². The highest BCUT2D eigenvalue weighted by atomic mass is 15.1. The van der Waals surface area contributed by atoms with E-state index in [2.05, 4.69) is 135 Å². The van der Waals surface area contributed by atoms with Crippen LogP contribution >= 0.6 is 0 Å². The zero-order valence-corrected chi connectivity index (χ0v) is 33.8. The number of allylic oxidation sites excluding steroid dienone is 17. The lowest BCUT2D eigenvalue weighted by molar-refractivity contribution is 0.640. The molecule has 0 aromatic heterocycles. The summed E-state index contributed by atoms with van der Waals surface area (Å²) in [5.74, 6) is 0.601. The van der Waals surface area contributed by atoms with Crippen LogP contribution in [0, 0.1) is 0 Å². The number of benzene rings is 2. The Morgan fingerprint density at radius 1 is 0.925 bits per heavy atom. The number of hydrogen-bond donors (Lipinski definition) is 3. The molecule has 1 unspecified atom stereocenters. The van der Waals surface area contributed by atoms with Gasteiger partial charge >= 0.3 is 0 Å². The van der Waals surface area contributed by atoms with Crippen LogP contribution in [0.2, 0.25) is 0 Å². The molecule has 0 heterocycles. The molecular formula is C49H66N4. The molecular weight excluding hydrogens is 645 g/mol. The van der Waals surface area contributed by atoms with E-state index in [1.54, 1.807) is 6.08 Å². The first kappa shape index (κ1) is 47.3. The third kappa shape index (κ3) is 18.9. The van der Waals surface area contributed by atoms with Crippen LogP contribution in [0.3, 0.4) is 0 Å². The zero-order valence-electron chi connectivity index (χ0n) is 33.8. The highest BCUT2D eigenvalue weighted by molar-refractivity contribution is 5.80. The van der Waals surface area contributed by atoms with Gasteiger partial charge in [-0.15, -0.1) is 13.2 Å². The van der Waals surface area contributed by atoms with Crippen molar-refractivity contribution in [3.05, 3.63) is 212 Å². The van der Waals surface area contributed by atoms with Crippen molar-refractivity contribution in [3.63, 3.8) is 0 Å². The average molecular weight is 711 g/mol. The first-order valence-electron chi connectivity index (χ1n) is 18.4. The first-order chi connectivity index (χ1) is 25.8. The number of hydrogen-bond acceptors (Lipinski definition) is 4. The van der Waals surface area contributed by atoms with Gasteiger partial charge in [0.1, 0.15) is 5.82 Å². The number of anilines is 2. The van der Waals surface area contributed by atoms with Crippen molar-refractivity contribution in [1.82, 2.24) is 5.32 Å². The Morgan fingerprint density at radius 3 is 2.21 bits per heavy atom. The van der Waals surface area contributed by atoms with Crippen molar-refractivity contribution in [2.24, 2.45) is 5.73 Å². The second-order valence-corrected chi connectivity index (χ2v) is 11.4. The van der Waals surface area contributed by atoms with Crippen LogP contribution in [0.25, 0.3) is 5.57 Å². The lowest BCUT2D eigenvalue weighted by atomic mass is 9.90. The molecule has 0 bridgehead atoms. The molecule has 0 aliphatic heterocycles. The van der Waals surface area contributed by atoms with Gasteiger partial charge in [0, 0.05) is 30.3 Å². The predicted octanol–water partition coefficient (Wildman–Crippen LogP) is 13.1. The summed E-state index contributed by atoms with van der Waals surface area (Å²) < 4.78 is 0. The van der Waals surface area contributed by atoms with Crippen LogP contribution in [0.4, 0.5) is 11.4 Å². The van der Waals surface area contributed by atoms with Crippen LogP contribution in [0.1, 0.15) is 66.0 Å². The summed E-state index contributed by atoms with van der Waals surface area (Å²) in [5.41, 5.74) is 15.2. The van der Waals surface area contributed by atoms with Gasteiger partial charge in [-0.1, -0.05) is 142 Å².